The van der Waals surface area contributed by atoms with Crippen LogP contribution in [0, 0.1) is 6.92 Å². The third kappa shape index (κ3) is 2.67. The van der Waals surface area contributed by atoms with Crippen molar-refractivity contribution in [3.63, 3.8) is 0 Å². The summed E-state index contributed by atoms with van der Waals surface area (Å²) in [5.74, 6) is 0. The number of nitrogens with two attached hydrogens (primary N) is 1. The van der Waals surface area contributed by atoms with Crippen molar-refractivity contribution in [3.8, 4) is 0 Å². The van der Waals surface area contributed by atoms with Crippen molar-refractivity contribution in [1.29, 1.82) is 0 Å². The SMILES string of the molecule is Cc1ccc(/C=C/c2csc(N)n2)cc1. The first kappa shape index (κ1) is 9.93. The largest absolute Gasteiger partial charge is 0.375 e. The van der Waals surface area contributed by atoms with Gasteiger partial charge < -0.3 is 5.73 Å². The summed E-state index contributed by atoms with van der Waals surface area (Å²) >= 11 is 1.46. The van der Waals surface area contributed by atoms with E-state index in [4.69, 9.17) is 5.73 Å². The lowest BCUT2D eigenvalue weighted by Crippen LogP contribution is -1.81. The molecule has 2 N–H and O–H groups in total. The second kappa shape index (κ2) is 4.28. The topological polar surface area (TPSA) is 38.9 Å². The van der Waals surface area contributed by atoms with Gasteiger partial charge in [0.2, 0.25) is 0 Å². The molecule has 0 aliphatic heterocycles. The molecule has 1 heterocycles. The van der Waals surface area contributed by atoms with Gasteiger partial charge in [-0.1, -0.05) is 35.9 Å². The predicted octanol–water partition coefficient (Wildman–Crippen LogP) is 3.20. The molecule has 1 aromatic heterocycles. The van der Waals surface area contributed by atoms with Crippen molar-refractivity contribution in [2.45, 2.75) is 6.92 Å². The maximum Gasteiger partial charge on any atom is 0.180 e. The zero-order valence-corrected chi connectivity index (χ0v) is 9.29. The molecule has 1 aromatic carbocycles. The Hall–Kier alpha value is -1.61. The molecule has 0 aliphatic rings. The Bertz CT molecular complexity index is 469. The van der Waals surface area contributed by atoms with E-state index in [0.717, 1.165) is 5.69 Å². The molecule has 2 rings (SSSR count). The van der Waals surface area contributed by atoms with Gasteiger partial charge in [0.15, 0.2) is 5.13 Å². The highest BCUT2D eigenvalue weighted by molar-refractivity contribution is 7.13. The van der Waals surface area contributed by atoms with Crippen LogP contribution < -0.4 is 5.73 Å². The number of thiazole rings is 1. The minimum Gasteiger partial charge on any atom is -0.375 e. The molecule has 0 saturated carbocycles. The molecule has 0 radical (unpaired) electrons. The van der Waals surface area contributed by atoms with Crippen LogP contribution in [0.1, 0.15) is 16.8 Å². The van der Waals surface area contributed by atoms with Gasteiger partial charge in [-0.05, 0) is 18.6 Å². The number of aryl methyl sites for hydroxylation is 1. The lowest BCUT2D eigenvalue weighted by atomic mass is 10.1. The number of hydrogen-bond acceptors (Lipinski definition) is 3. The van der Waals surface area contributed by atoms with E-state index in [-0.39, 0.29) is 0 Å². The molecule has 0 saturated heterocycles. The molecule has 0 bridgehead atoms. The monoisotopic (exact) mass is 216 g/mol. The van der Waals surface area contributed by atoms with Crippen molar-refractivity contribution in [1.82, 2.24) is 4.98 Å². The first-order chi connectivity index (χ1) is 7.24. The van der Waals surface area contributed by atoms with Gasteiger partial charge in [0, 0.05) is 5.38 Å². The van der Waals surface area contributed by atoms with Gasteiger partial charge >= 0.3 is 0 Å². The van der Waals surface area contributed by atoms with E-state index in [0.29, 0.717) is 5.13 Å². The van der Waals surface area contributed by atoms with Crippen LogP contribution in [0.5, 0.6) is 0 Å². The van der Waals surface area contributed by atoms with Crippen molar-refractivity contribution in [3.05, 3.63) is 46.5 Å². The molecule has 0 amide bonds. The summed E-state index contributed by atoms with van der Waals surface area (Å²) in [5, 5.41) is 2.55. The average Bonchev–Trinajstić information content (AvgIpc) is 2.64. The summed E-state index contributed by atoms with van der Waals surface area (Å²) in [6.07, 6.45) is 4.01. The highest BCUT2D eigenvalue weighted by atomic mass is 32.1. The Morgan fingerprint density at radius 1 is 1.20 bits per heavy atom. The van der Waals surface area contributed by atoms with Gasteiger partial charge in [-0.15, -0.1) is 11.3 Å². The quantitative estimate of drug-likeness (QED) is 0.837. The minimum absolute atomic E-state index is 0.610. The van der Waals surface area contributed by atoms with Gasteiger partial charge in [0.05, 0.1) is 5.69 Å². The third-order valence-electron chi connectivity index (χ3n) is 2.06. The van der Waals surface area contributed by atoms with Crippen LogP contribution in [-0.2, 0) is 0 Å². The number of anilines is 1. The van der Waals surface area contributed by atoms with Crippen LogP contribution in [0.15, 0.2) is 29.6 Å². The van der Waals surface area contributed by atoms with Crippen LogP contribution in [0.25, 0.3) is 12.2 Å². The normalized spacial score (nSPS) is 11.0. The van der Waals surface area contributed by atoms with Crippen LogP contribution in [0.2, 0.25) is 0 Å². The Morgan fingerprint density at radius 2 is 1.93 bits per heavy atom. The first-order valence-electron chi connectivity index (χ1n) is 4.70. The van der Waals surface area contributed by atoms with E-state index >= 15 is 0 Å². The fraction of sp³-hybridized carbons (Fsp3) is 0.0833. The van der Waals surface area contributed by atoms with Crippen molar-refractivity contribution in [2.75, 3.05) is 5.73 Å². The van der Waals surface area contributed by atoms with Crippen LogP contribution in [-0.4, -0.2) is 4.98 Å². The fourth-order valence-corrected chi connectivity index (χ4v) is 1.77. The molecule has 2 nitrogen and oxygen atoms in total. The van der Waals surface area contributed by atoms with Gasteiger partial charge in [0.25, 0.3) is 0 Å². The fourth-order valence-electron chi connectivity index (χ4n) is 1.24. The van der Waals surface area contributed by atoms with Gasteiger partial charge in [-0.2, -0.15) is 0 Å². The average molecular weight is 216 g/mol. The van der Waals surface area contributed by atoms with Crippen LogP contribution in [0.3, 0.4) is 0 Å². The molecule has 0 atom stereocenters. The number of rotatable bonds is 2. The third-order valence-corrected chi connectivity index (χ3v) is 2.76. The van der Waals surface area contributed by atoms with E-state index in [9.17, 15) is 0 Å². The first-order valence-corrected chi connectivity index (χ1v) is 5.58. The Labute approximate surface area is 93.1 Å². The lowest BCUT2D eigenvalue weighted by Gasteiger charge is -1.93. The molecular weight excluding hydrogens is 204 g/mol. The molecule has 15 heavy (non-hydrogen) atoms. The molecule has 76 valence electrons. The Balaban J connectivity index is 2.14. The number of aromatic nitrogens is 1. The smallest absolute Gasteiger partial charge is 0.180 e. The van der Waals surface area contributed by atoms with E-state index in [1.807, 2.05) is 17.5 Å². The molecule has 0 aliphatic carbocycles. The standard InChI is InChI=1S/C12H12N2S/c1-9-2-4-10(5-3-9)6-7-11-8-15-12(13)14-11/h2-8H,1H3,(H2,13,14)/b7-6+. The molecule has 2 aromatic rings. The summed E-state index contributed by atoms with van der Waals surface area (Å²) < 4.78 is 0. The Morgan fingerprint density at radius 3 is 2.53 bits per heavy atom. The zero-order valence-electron chi connectivity index (χ0n) is 8.47. The van der Waals surface area contributed by atoms with E-state index in [1.165, 1.54) is 22.5 Å². The van der Waals surface area contributed by atoms with Crippen molar-refractivity contribution in [2.24, 2.45) is 0 Å². The van der Waals surface area contributed by atoms with Crippen molar-refractivity contribution < 1.29 is 0 Å². The number of nitrogens with zero attached hydrogens (tertiary/aromatic N) is 1. The highest BCUT2D eigenvalue weighted by Gasteiger charge is 1.93. The zero-order chi connectivity index (χ0) is 10.7. The summed E-state index contributed by atoms with van der Waals surface area (Å²) in [6, 6.07) is 8.35. The van der Waals surface area contributed by atoms with Crippen LogP contribution in [0.4, 0.5) is 5.13 Å². The molecule has 0 fully saturated rings. The van der Waals surface area contributed by atoms with E-state index in [1.54, 1.807) is 0 Å². The summed E-state index contributed by atoms with van der Waals surface area (Å²) in [5.41, 5.74) is 8.90. The van der Waals surface area contributed by atoms with Gasteiger partial charge in [-0.25, -0.2) is 4.98 Å². The predicted molar refractivity (Wildman–Crippen MR) is 66.6 cm³/mol. The van der Waals surface area contributed by atoms with E-state index in [2.05, 4.69) is 36.2 Å². The number of benzene rings is 1. The van der Waals surface area contributed by atoms with Gasteiger partial charge in [0.1, 0.15) is 0 Å². The highest BCUT2D eigenvalue weighted by Crippen LogP contribution is 2.14. The lowest BCUT2D eigenvalue weighted by molar-refractivity contribution is 1.39. The summed E-state index contributed by atoms with van der Waals surface area (Å²) in [4.78, 5) is 4.15. The Kier molecular flexibility index (Phi) is 2.83. The van der Waals surface area contributed by atoms with Gasteiger partial charge in [-0.3, -0.25) is 0 Å². The second-order valence-electron chi connectivity index (χ2n) is 3.35. The van der Waals surface area contributed by atoms with E-state index < -0.39 is 0 Å². The number of hydrogen-bond donors (Lipinski definition) is 1. The molecule has 3 heteroatoms. The molecule has 0 spiro atoms. The maximum atomic E-state index is 5.54. The minimum atomic E-state index is 0.610. The molecular formula is C12H12N2S. The number of nitrogen functional groups attached to an aromatic ring is 1. The summed E-state index contributed by atoms with van der Waals surface area (Å²) in [6.45, 7) is 2.08. The van der Waals surface area contributed by atoms with Crippen LogP contribution >= 0.6 is 11.3 Å². The van der Waals surface area contributed by atoms with Crippen molar-refractivity contribution >= 4 is 28.6 Å². The molecule has 0 unspecified atom stereocenters. The maximum absolute atomic E-state index is 5.54. The summed E-state index contributed by atoms with van der Waals surface area (Å²) in [7, 11) is 0. The second-order valence-corrected chi connectivity index (χ2v) is 4.24.